The van der Waals surface area contributed by atoms with Gasteiger partial charge in [0.2, 0.25) is 11.7 Å². The van der Waals surface area contributed by atoms with Gasteiger partial charge in [0, 0.05) is 18.3 Å². The van der Waals surface area contributed by atoms with Gasteiger partial charge in [0.25, 0.3) is 0 Å². The minimum atomic E-state index is -0.890. The van der Waals surface area contributed by atoms with Crippen LogP contribution in [0.4, 0.5) is 0 Å². The van der Waals surface area contributed by atoms with Crippen molar-refractivity contribution in [2.75, 3.05) is 7.11 Å². The molecule has 1 aromatic heterocycles. The van der Waals surface area contributed by atoms with Crippen molar-refractivity contribution in [3.63, 3.8) is 0 Å². The minimum absolute atomic E-state index is 0.0243. The molecule has 31 heavy (non-hydrogen) atoms. The molecule has 5 heterocycles. The number of rotatable bonds is 4. The van der Waals surface area contributed by atoms with Gasteiger partial charge in [-0.2, -0.15) is 0 Å². The first kappa shape index (κ1) is 20.8. The maximum Gasteiger partial charge on any atom is 0.327 e. The average Bonchev–Trinajstić information content (AvgIpc) is 3.05. The van der Waals surface area contributed by atoms with E-state index in [1.54, 1.807) is 11.1 Å². The maximum atomic E-state index is 13.5. The monoisotopic (exact) mass is 434 g/mol. The Hall–Kier alpha value is -2.04. The Morgan fingerprint density at radius 1 is 1.26 bits per heavy atom. The summed E-state index contributed by atoms with van der Waals surface area (Å²) in [7, 11) is 1.33. The quantitative estimate of drug-likeness (QED) is 0.520. The largest absolute Gasteiger partial charge is 0.468 e. The van der Waals surface area contributed by atoms with Gasteiger partial charge >= 0.3 is 5.97 Å². The lowest BCUT2D eigenvalue weighted by Crippen LogP contribution is -2.74. The Morgan fingerprint density at radius 3 is 2.84 bits per heavy atom. The predicted molar refractivity (Wildman–Crippen MR) is 105 cm³/mol. The lowest BCUT2D eigenvalue weighted by Gasteiger charge is -2.61. The number of carbonyl (C=O) groups excluding carboxylic acids is 2. The van der Waals surface area contributed by atoms with Crippen molar-refractivity contribution in [2.45, 2.75) is 77.2 Å². The molecule has 1 saturated carbocycles. The molecule has 170 valence electrons. The normalized spacial score (nSPS) is 41.6. The SMILES string of the molecule is COC(=O)Cn1cc(CN2C(=O)[C@H](C)[C@@H]3CC[C@@H](C)[C@@H]4CC[C@@]5(C)OO[C@]43[C@H]2O5)nn1. The molecular formula is C21H30N4O6. The van der Waals surface area contributed by atoms with Gasteiger partial charge in [0.05, 0.1) is 19.9 Å². The molecule has 0 radical (unpaired) electrons. The number of aromatic nitrogens is 3. The highest BCUT2D eigenvalue weighted by molar-refractivity contribution is 5.80. The molecule has 5 aliphatic rings. The van der Waals surface area contributed by atoms with Crippen molar-refractivity contribution >= 4 is 11.9 Å². The molecule has 0 N–H and O–H groups in total. The van der Waals surface area contributed by atoms with E-state index in [1.165, 1.54) is 11.8 Å². The standard InChI is InChI=1S/C21H30N4O6/c1-12-5-6-16-13(2)18(27)25(10-14-9-24(23-22-14)11-17(26)28-4)19-21(16)15(12)7-8-20(3,29-19)30-31-21/h9,12-13,15-16,19H,5-8,10-11H2,1-4H3/t12-,13-,15+,16+,19-,20-,21-/m1/s1. The number of ether oxygens (including phenoxy) is 2. The van der Waals surface area contributed by atoms with Crippen LogP contribution in [0, 0.1) is 23.7 Å². The Balaban J connectivity index is 1.50. The van der Waals surface area contributed by atoms with Crippen LogP contribution in [0.2, 0.25) is 0 Å². The van der Waals surface area contributed by atoms with E-state index in [4.69, 9.17) is 14.5 Å². The van der Waals surface area contributed by atoms with E-state index in [1.807, 2.05) is 13.8 Å². The van der Waals surface area contributed by atoms with Crippen LogP contribution in [-0.4, -0.2) is 56.5 Å². The average molecular weight is 434 g/mol. The first-order chi connectivity index (χ1) is 14.8. The molecule has 10 nitrogen and oxygen atoms in total. The zero-order chi connectivity index (χ0) is 22.0. The highest BCUT2D eigenvalue weighted by Crippen LogP contribution is 2.60. The van der Waals surface area contributed by atoms with E-state index in [0.717, 1.165) is 25.7 Å². The third-order valence-corrected chi connectivity index (χ3v) is 7.79. The molecule has 4 aliphatic heterocycles. The summed E-state index contributed by atoms with van der Waals surface area (Å²) in [5.41, 5.74) is -0.113. The number of esters is 1. The first-order valence-corrected chi connectivity index (χ1v) is 11.1. The van der Waals surface area contributed by atoms with Crippen LogP contribution in [0.3, 0.4) is 0 Å². The molecule has 10 heteroatoms. The van der Waals surface area contributed by atoms with E-state index >= 15 is 0 Å². The second-order valence-electron chi connectivity index (χ2n) is 9.67. The van der Waals surface area contributed by atoms with Gasteiger partial charge in [0.15, 0.2) is 11.8 Å². The highest BCUT2D eigenvalue weighted by Gasteiger charge is 2.70. The van der Waals surface area contributed by atoms with Gasteiger partial charge in [-0.25, -0.2) is 14.5 Å². The number of hydrogen-bond donors (Lipinski definition) is 0. The minimum Gasteiger partial charge on any atom is -0.468 e. The summed E-state index contributed by atoms with van der Waals surface area (Å²) >= 11 is 0. The van der Waals surface area contributed by atoms with Crippen molar-refractivity contribution in [2.24, 2.45) is 23.7 Å². The van der Waals surface area contributed by atoms with Gasteiger partial charge < -0.3 is 14.4 Å². The Bertz CT molecular complexity index is 891. The fourth-order valence-electron chi connectivity index (χ4n) is 6.17. The van der Waals surface area contributed by atoms with Crippen molar-refractivity contribution < 1.29 is 28.8 Å². The number of amides is 1. The molecule has 1 spiro atoms. The van der Waals surface area contributed by atoms with Gasteiger partial charge in [0.1, 0.15) is 12.2 Å². The van der Waals surface area contributed by atoms with E-state index < -0.39 is 23.6 Å². The van der Waals surface area contributed by atoms with Crippen LogP contribution in [0.1, 0.15) is 52.1 Å². The molecule has 6 rings (SSSR count). The number of piperidine rings is 1. The Kier molecular flexibility index (Phi) is 4.87. The van der Waals surface area contributed by atoms with Gasteiger partial charge in [-0.1, -0.05) is 19.1 Å². The molecule has 1 amide bonds. The molecular weight excluding hydrogens is 404 g/mol. The number of methoxy groups -OCH3 is 1. The van der Waals surface area contributed by atoms with Crippen LogP contribution >= 0.6 is 0 Å². The van der Waals surface area contributed by atoms with Crippen LogP contribution in [-0.2, 0) is 41.9 Å². The van der Waals surface area contributed by atoms with Crippen LogP contribution in [0.5, 0.6) is 0 Å². The second-order valence-corrected chi connectivity index (χ2v) is 9.67. The predicted octanol–water partition coefficient (Wildman–Crippen LogP) is 1.64. The fraction of sp³-hybridized carbons (Fsp3) is 0.810. The topological polar surface area (TPSA) is 105 Å². The summed E-state index contributed by atoms with van der Waals surface area (Å²) in [6, 6.07) is 0. The second kappa shape index (κ2) is 7.25. The summed E-state index contributed by atoms with van der Waals surface area (Å²) in [6.45, 7) is 6.32. The number of carbonyl (C=O) groups is 2. The Labute approximate surface area is 181 Å². The van der Waals surface area contributed by atoms with Gasteiger partial charge in [-0.3, -0.25) is 9.59 Å². The Morgan fingerprint density at radius 2 is 2.06 bits per heavy atom. The number of likely N-dealkylation sites (tertiary alicyclic amines) is 1. The van der Waals surface area contributed by atoms with E-state index in [0.29, 0.717) is 11.6 Å². The van der Waals surface area contributed by atoms with E-state index in [9.17, 15) is 9.59 Å². The summed E-state index contributed by atoms with van der Waals surface area (Å²) in [5.74, 6) is -0.757. The molecule has 4 saturated heterocycles. The maximum absolute atomic E-state index is 13.5. The molecule has 1 aromatic rings. The van der Waals surface area contributed by atoms with Crippen molar-refractivity contribution in [1.29, 1.82) is 0 Å². The van der Waals surface area contributed by atoms with Gasteiger partial charge in [-0.15, -0.1) is 5.10 Å². The molecule has 2 bridgehead atoms. The van der Waals surface area contributed by atoms with Crippen LogP contribution in [0.15, 0.2) is 6.20 Å². The zero-order valence-corrected chi connectivity index (χ0v) is 18.4. The summed E-state index contributed by atoms with van der Waals surface area (Å²) in [6.07, 6.45) is 4.75. The van der Waals surface area contributed by atoms with Crippen molar-refractivity contribution in [3.8, 4) is 0 Å². The number of fused-ring (bicyclic) bond motifs is 2. The fourth-order valence-corrected chi connectivity index (χ4v) is 6.17. The summed E-state index contributed by atoms with van der Waals surface area (Å²) in [4.78, 5) is 38.9. The number of hydrogen-bond acceptors (Lipinski definition) is 8. The molecule has 7 atom stereocenters. The third kappa shape index (κ3) is 3.10. The van der Waals surface area contributed by atoms with Crippen molar-refractivity contribution in [3.05, 3.63) is 11.9 Å². The summed E-state index contributed by atoms with van der Waals surface area (Å²) < 4.78 is 12.6. The van der Waals surface area contributed by atoms with Crippen LogP contribution < -0.4 is 0 Å². The molecule has 1 aliphatic carbocycles. The van der Waals surface area contributed by atoms with Gasteiger partial charge in [-0.05, 0) is 38.0 Å². The van der Waals surface area contributed by atoms with E-state index in [2.05, 4.69) is 22.0 Å². The van der Waals surface area contributed by atoms with Crippen LogP contribution in [0.25, 0.3) is 0 Å². The van der Waals surface area contributed by atoms with Crippen molar-refractivity contribution in [1.82, 2.24) is 19.9 Å². The summed E-state index contributed by atoms with van der Waals surface area (Å²) in [5, 5.41) is 8.16. The zero-order valence-electron chi connectivity index (χ0n) is 18.4. The van der Waals surface area contributed by atoms with E-state index in [-0.39, 0.29) is 36.8 Å². The molecule has 0 unspecified atom stereocenters. The molecule has 0 aromatic carbocycles. The number of nitrogens with zero attached hydrogens (tertiary/aromatic N) is 4. The molecule has 5 fully saturated rings. The lowest BCUT2D eigenvalue weighted by atomic mass is 9.57. The highest BCUT2D eigenvalue weighted by atomic mass is 17.3. The first-order valence-electron chi connectivity index (χ1n) is 11.1. The lowest BCUT2D eigenvalue weighted by molar-refractivity contribution is -0.548. The third-order valence-electron chi connectivity index (χ3n) is 7.79. The smallest absolute Gasteiger partial charge is 0.327 e.